The molecule has 1 aliphatic carbocycles. The normalized spacial score (nSPS) is 20.0. The van der Waals surface area contributed by atoms with Crippen molar-refractivity contribution >= 4 is 17.4 Å². The summed E-state index contributed by atoms with van der Waals surface area (Å²) in [5.74, 6) is -1.36. The van der Waals surface area contributed by atoms with Gasteiger partial charge in [-0.1, -0.05) is 42.5 Å². The summed E-state index contributed by atoms with van der Waals surface area (Å²) < 4.78 is 13.7. The number of rotatable bonds is 4. The summed E-state index contributed by atoms with van der Waals surface area (Å²) in [5.41, 5.74) is 4.59. The van der Waals surface area contributed by atoms with E-state index >= 15 is 0 Å². The Labute approximate surface area is 197 Å². The Morgan fingerprint density at radius 3 is 2.56 bits per heavy atom. The number of dihydropyridines is 1. The van der Waals surface area contributed by atoms with E-state index in [1.807, 2.05) is 49.4 Å². The van der Waals surface area contributed by atoms with Crippen molar-refractivity contribution in [2.45, 2.75) is 31.6 Å². The lowest BCUT2D eigenvalue weighted by Crippen LogP contribution is -2.37. The number of nitrogens with zero attached hydrogens (tertiary/aromatic N) is 1. The highest BCUT2D eigenvalue weighted by molar-refractivity contribution is 6.09. The minimum Gasteiger partial charge on any atom is -0.362 e. The molecule has 5 rings (SSSR count). The number of aromatic nitrogens is 1. The molecule has 0 unspecified atom stereocenters. The minimum absolute atomic E-state index is 0.00168. The zero-order valence-corrected chi connectivity index (χ0v) is 18.7. The summed E-state index contributed by atoms with van der Waals surface area (Å²) in [6, 6.07) is 21.3. The molecule has 1 aliphatic heterocycles. The van der Waals surface area contributed by atoms with Crippen molar-refractivity contribution < 1.29 is 14.0 Å². The summed E-state index contributed by atoms with van der Waals surface area (Å²) in [4.78, 5) is 31.5. The van der Waals surface area contributed by atoms with Gasteiger partial charge in [-0.15, -0.1) is 0 Å². The Kier molecular flexibility index (Phi) is 5.80. The van der Waals surface area contributed by atoms with Gasteiger partial charge in [0.05, 0.1) is 11.6 Å². The van der Waals surface area contributed by atoms with Crippen LogP contribution in [0.5, 0.6) is 0 Å². The van der Waals surface area contributed by atoms with Crippen molar-refractivity contribution in [2.75, 3.05) is 5.32 Å². The van der Waals surface area contributed by atoms with Gasteiger partial charge in [0, 0.05) is 40.8 Å². The van der Waals surface area contributed by atoms with E-state index in [0.29, 0.717) is 41.1 Å². The third-order valence-corrected chi connectivity index (χ3v) is 6.41. The van der Waals surface area contributed by atoms with Crippen molar-refractivity contribution in [3.63, 3.8) is 0 Å². The number of ketones is 1. The van der Waals surface area contributed by atoms with Crippen LogP contribution in [0.2, 0.25) is 0 Å². The van der Waals surface area contributed by atoms with Crippen LogP contribution in [0.25, 0.3) is 0 Å². The molecule has 0 saturated carbocycles. The minimum atomic E-state index is -0.602. The van der Waals surface area contributed by atoms with Gasteiger partial charge in [0.25, 0.3) is 5.91 Å². The van der Waals surface area contributed by atoms with E-state index in [1.165, 1.54) is 18.2 Å². The van der Waals surface area contributed by atoms with Gasteiger partial charge in [-0.2, -0.15) is 0 Å². The maximum atomic E-state index is 13.7. The second-order valence-corrected chi connectivity index (χ2v) is 8.65. The second-order valence-electron chi connectivity index (χ2n) is 8.65. The van der Waals surface area contributed by atoms with Crippen LogP contribution in [-0.4, -0.2) is 16.7 Å². The quantitative estimate of drug-likeness (QED) is 0.568. The fraction of sp³-hybridized carbons (Fsp3) is 0.179. The smallest absolute Gasteiger partial charge is 0.254 e. The molecule has 2 aliphatic rings. The predicted molar refractivity (Wildman–Crippen MR) is 128 cm³/mol. The molecule has 2 atom stereocenters. The number of hydrogen-bond donors (Lipinski definition) is 2. The highest BCUT2D eigenvalue weighted by atomic mass is 19.1. The summed E-state index contributed by atoms with van der Waals surface area (Å²) in [7, 11) is 0. The van der Waals surface area contributed by atoms with Crippen molar-refractivity contribution in [1.82, 2.24) is 10.3 Å². The van der Waals surface area contributed by atoms with Gasteiger partial charge >= 0.3 is 0 Å². The number of hydrogen-bond acceptors (Lipinski definition) is 4. The van der Waals surface area contributed by atoms with E-state index in [1.54, 1.807) is 18.3 Å². The first kappa shape index (κ1) is 21.8. The molecule has 34 heavy (non-hydrogen) atoms. The van der Waals surface area contributed by atoms with Crippen molar-refractivity contribution in [2.24, 2.45) is 0 Å². The van der Waals surface area contributed by atoms with E-state index in [4.69, 9.17) is 0 Å². The topological polar surface area (TPSA) is 71.1 Å². The zero-order chi connectivity index (χ0) is 23.7. The highest BCUT2D eigenvalue weighted by Crippen LogP contribution is 2.45. The van der Waals surface area contributed by atoms with Gasteiger partial charge in [-0.05, 0) is 55.2 Å². The first-order valence-corrected chi connectivity index (χ1v) is 11.3. The molecule has 0 spiro atoms. The van der Waals surface area contributed by atoms with Gasteiger partial charge in [0.2, 0.25) is 0 Å². The Morgan fingerprint density at radius 2 is 1.82 bits per heavy atom. The Bertz CT molecular complexity index is 1320. The predicted octanol–water partition coefficient (Wildman–Crippen LogP) is 5.22. The molecular weight excluding hydrogens is 429 g/mol. The SMILES string of the molecule is CC1=C(C(=O)Nc2cccc(F)c2)[C@@H](c2ccccn2)C2=C(C[C@@H](c3ccccc3)CC2=O)N1. The first-order chi connectivity index (χ1) is 16.5. The molecule has 5 nitrogen and oxygen atoms in total. The molecule has 0 radical (unpaired) electrons. The van der Waals surface area contributed by atoms with Gasteiger partial charge in [-0.25, -0.2) is 4.39 Å². The molecule has 0 fully saturated rings. The summed E-state index contributed by atoms with van der Waals surface area (Å²) in [6.07, 6.45) is 2.70. The summed E-state index contributed by atoms with van der Waals surface area (Å²) in [5, 5.41) is 6.14. The lowest BCUT2D eigenvalue weighted by atomic mass is 9.72. The van der Waals surface area contributed by atoms with Crippen LogP contribution < -0.4 is 10.6 Å². The molecule has 2 N–H and O–H groups in total. The van der Waals surface area contributed by atoms with Crippen molar-refractivity contribution in [1.29, 1.82) is 0 Å². The highest BCUT2D eigenvalue weighted by Gasteiger charge is 2.41. The molecule has 0 bridgehead atoms. The lowest BCUT2D eigenvalue weighted by Gasteiger charge is -2.36. The van der Waals surface area contributed by atoms with Crippen LogP contribution in [-0.2, 0) is 9.59 Å². The number of allylic oxidation sites excluding steroid dienone is 3. The second kappa shape index (κ2) is 9.06. The molecule has 1 amide bonds. The fourth-order valence-corrected chi connectivity index (χ4v) is 4.91. The number of benzene rings is 2. The number of anilines is 1. The van der Waals surface area contributed by atoms with E-state index in [0.717, 1.165) is 11.3 Å². The van der Waals surface area contributed by atoms with Crippen LogP contribution in [0.4, 0.5) is 10.1 Å². The number of Topliss-reactive ketones (excluding diaryl/α,β-unsaturated/α-hetero) is 1. The molecule has 2 aromatic carbocycles. The fourth-order valence-electron chi connectivity index (χ4n) is 4.91. The maximum Gasteiger partial charge on any atom is 0.254 e. The zero-order valence-electron chi connectivity index (χ0n) is 18.7. The third kappa shape index (κ3) is 4.15. The van der Waals surface area contributed by atoms with Crippen LogP contribution in [0.3, 0.4) is 0 Å². The molecule has 0 saturated heterocycles. The molecular formula is C28H24FN3O2. The van der Waals surface area contributed by atoms with Crippen LogP contribution >= 0.6 is 0 Å². The van der Waals surface area contributed by atoms with Crippen LogP contribution in [0.15, 0.2) is 102 Å². The van der Waals surface area contributed by atoms with Crippen LogP contribution in [0, 0.1) is 5.82 Å². The number of carbonyl (C=O) groups is 2. The van der Waals surface area contributed by atoms with Gasteiger partial charge in [0.15, 0.2) is 5.78 Å². The standard InChI is InChI=1S/C28H24FN3O2/c1-17-25(28(34)32-21-11-7-10-20(29)16-21)27(22-12-5-6-13-30-22)26-23(31-17)14-19(15-24(26)33)18-8-3-2-4-9-18/h2-13,16,19,27,31H,14-15H2,1H3,(H,32,34)/t19-,27-/m1/s1. The van der Waals surface area contributed by atoms with Gasteiger partial charge in [0.1, 0.15) is 5.82 Å². The largest absolute Gasteiger partial charge is 0.362 e. The monoisotopic (exact) mass is 453 g/mol. The van der Waals surface area contributed by atoms with Gasteiger partial charge in [-0.3, -0.25) is 14.6 Å². The summed E-state index contributed by atoms with van der Waals surface area (Å²) >= 11 is 0. The third-order valence-electron chi connectivity index (χ3n) is 6.41. The number of pyridine rings is 1. The molecule has 3 aromatic rings. The average Bonchev–Trinajstić information content (AvgIpc) is 2.84. The molecule has 1 aromatic heterocycles. The Hall–Kier alpha value is -4.06. The lowest BCUT2D eigenvalue weighted by molar-refractivity contribution is -0.116. The number of halogens is 1. The van der Waals surface area contributed by atoms with E-state index < -0.39 is 17.6 Å². The van der Waals surface area contributed by atoms with Crippen LogP contribution in [0.1, 0.15) is 42.9 Å². The van der Waals surface area contributed by atoms with E-state index in [-0.39, 0.29) is 11.7 Å². The van der Waals surface area contributed by atoms with Crippen molar-refractivity contribution in [3.05, 3.63) is 119 Å². The molecule has 2 heterocycles. The van der Waals surface area contributed by atoms with E-state index in [2.05, 4.69) is 15.6 Å². The van der Waals surface area contributed by atoms with Crippen molar-refractivity contribution in [3.8, 4) is 0 Å². The molecule has 170 valence electrons. The first-order valence-electron chi connectivity index (χ1n) is 11.3. The number of amides is 1. The maximum absolute atomic E-state index is 13.7. The number of nitrogens with one attached hydrogen (secondary N) is 2. The summed E-state index contributed by atoms with van der Waals surface area (Å²) in [6.45, 7) is 1.83. The molecule has 6 heteroatoms. The average molecular weight is 454 g/mol. The van der Waals surface area contributed by atoms with E-state index in [9.17, 15) is 14.0 Å². The Morgan fingerprint density at radius 1 is 1.03 bits per heavy atom. The Balaban J connectivity index is 1.55. The number of carbonyl (C=O) groups excluding carboxylic acids is 2. The van der Waals surface area contributed by atoms with Gasteiger partial charge < -0.3 is 10.6 Å².